The highest BCUT2D eigenvalue weighted by Gasteiger charge is 2.51. The second kappa shape index (κ2) is 15.7. The van der Waals surface area contributed by atoms with Crippen LogP contribution in [0.15, 0.2) is 97.1 Å². The van der Waals surface area contributed by atoms with Gasteiger partial charge >= 0.3 is 0 Å². The smallest absolute Gasteiger partial charge is 0.261 e. The third kappa shape index (κ3) is 9.05. The predicted molar refractivity (Wildman–Crippen MR) is 152 cm³/mol. The van der Waals surface area contributed by atoms with Gasteiger partial charge in [0.1, 0.15) is 0 Å². The average molecular weight is 493 g/mol. The number of benzene rings is 2. The van der Waals surface area contributed by atoms with E-state index in [2.05, 4.69) is 113 Å². The molecule has 0 aliphatic rings. The second-order valence-corrected chi connectivity index (χ2v) is 14.1. The van der Waals surface area contributed by atoms with Crippen molar-refractivity contribution in [3.63, 3.8) is 0 Å². The summed E-state index contributed by atoms with van der Waals surface area (Å²) in [5.41, 5.74) is 0. The lowest BCUT2D eigenvalue weighted by molar-refractivity contribution is 0.0145. The normalized spacial score (nSPS) is 13.9. The van der Waals surface area contributed by atoms with E-state index < -0.39 is 8.32 Å². The minimum Gasteiger partial charge on any atom is -0.400 e. The van der Waals surface area contributed by atoms with Crippen molar-refractivity contribution < 1.29 is 14.3 Å². The van der Waals surface area contributed by atoms with Crippen LogP contribution in [0.25, 0.3) is 0 Å². The van der Waals surface area contributed by atoms with Gasteiger partial charge in [-0.25, -0.2) is 0 Å². The predicted octanol–water partition coefficient (Wildman–Crippen LogP) is 6.19. The van der Waals surface area contributed by atoms with E-state index in [1.165, 1.54) is 16.8 Å². The van der Waals surface area contributed by atoms with E-state index in [0.29, 0.717) is 13.2 Å². The van der Waals surface area contributed by atoms with Crippen LogP contribution in [-0.4, -0.2) is 39.3 Å². The highest BCUT2D eigenvalue weighted by Crippen LogP contribution is 2.37. The molecule has 0 radical (unpaired) electrons. The number of ether oxygens (including phenoxy) is 1. The van der Waals surface area contributed by atoms with Gasteiger partial charge in [-0.05, 0) is 34.7 Å². The third-order valence-electron chi connectivity index (χ3n) is 5.99. The van der Waals surface area contributed by atoms with Gasteiger partial charge in [0.2, 0.25) is 0 Å². The van der Waals surface area contributed by atoms with Gasteiger partial charge in [0, 0.05) is 6.61 Å². The number of rotatable bonds is 15. The molecule has 0 aromatic heterocycles. The van der Waals surface area contributed by atoms with Crippen LogP contribution in [0.1, 0.15) is 53.4 Å². The number of unbranched alkanes of at least 4 members (excludes halogenated alkanes) is 2. The van der Waals surface area contributed by atoms with E-state index in [-0.39, 0.29) is 17.7 Å². The quantitative estimate of drug-likeness (QED) is 0.183. The minimum absolute atomic E-state index is 0.0687. The Bertz CT molecular complexity index is 858. The van der Waals surface area contributed by atoms with Crippen molar-refractivity contribution in [2.24, 2.45) is 0 Å². The molecule has 190 valence electrons. The molecule has 0 bridgehead atoms. The van der Waals surface area contributed by atoms with E-state index >= 15 is 0 Å². The second-order valence-electron chi connectivity index (χ2n) is 9.83. The molecule has 2 aromatic rings. The maximum Gasteiger partial charge on any atom is 0.261 e. The summed E-state index contributed by atoms with van der Waals surface area (Å²) in [4.78, 5) is 0. The summed E-state index contributed by atoms with van der Waals surface area (Å²) in [6.07, 6.45) is 16.5. The lowest BCUT2D eigenvalue weighted by Crippen LogP contribution is -2.68. The maximum atomic E-state index is 10.2. The number of hydrogen-bond donors (Lipinski definition) is 1. The van der Waals surface area contributed by atoms with Gasteiger partial charge in [-0.3, -0.25) is 0 Å². The fraction of sp³-hybridized carbons (Fsp3) is 0.419. The molecule has 4 heteroatoms. The van der Waals surface area contributed by atoms with Crippen molar-refractivity contribution in [1.82, 2.24) is 0 Å². The van der Waals surface area contributed by atoms with Crippen molar-refractivity contribution in [2.75, 3.05) is 19.8 Å². The number of hydrogen-bond acceptors (Lipinski definition) is 3. The van der Waals surface area contributed by atoms with Crippen molar-refractivity contribution >= 4 is 18.7 Å². The molecule has 0 aliphatic heterocycles. The molecule has 1 atom stereocenters. The maximum absolute atomic E-state index is 10.2. The minimum atomic E-state index is -2.70. The largest absolute Gasteiger partial charge is 0.400 e. The van der Waals surface area contributed by atoms with E-state index in [1.54, 1.807) is 0 Å². The topological polar surface area (TPSA) is 38.7 Å². The molecule has 0 heterocycles. The Morgan fingerprint density at radius 2 is 1.37 bits per heavy atom. The first kappa shape index (κ1) is 29.0. The fourth-order valence-corrected chi connectivity index (χ4v) is 8.89. The Balaban J connectivity index is 2.01. The highest BCUT2D eigenvalue weighted by molar-refractivity contribution is 6.99. The van der Waals surface area contributed by atoms with Gasteiger partial charge in [-0.15, -0.1) is 0 Å². The van der Waals surface area contributed by atoms with Crippen LogP contribution in [0.4, 0.5) is 0 Å². The molecule has 0 aliphatic carbocycles. The first-order valence-electron chi connectivity index (χ1n) is 12.9. The Labute approximate surface area is 214 Å². The van der Waals surface area contributed by atoms with Crippen molar-refractivity contribution in [1.29, 1.82) is 0 Å². The number of aliphatic hydroxyl groups excluding tert-OH is 1. The van der Waals surface area contributed by atoms with Crippen LogP contribution in [0.3, 0.4) is 0 Å². The van der Waals surface area contributed by atoms with E-state index in [1.807, 2.05) is 12.1 Å². The van der Waals surface area contributed by atoms with Crippen LogP contribution in [0.2, 0.25) is 5.04 Å². The molecule has 0 saturated heterocycles. The summed E-state index contributed by atoms with van der Waals surface area (Å²) in [7, 11) is -2.70. The molecular formula is C31H44O3Si. The van der Waals surface area contributed by atoms with Gasteiger partial charge in [0.05, 0.1) is 19.3 Å². The zero-order valence-electron chi connectivity index (χ0n) is 22.0. The lowest BCUT2D eigenvalue weighted by Gasteiger charge is -2.44. The molecular weight excluding hydrogens is 448 g/mol. The third-order valence-corrected chi connectivity index (χ3v) is 11.1. The Kier molecular flexibility index (Phi) is 13.0. The number of aliphatic hydroxyl groups is 1. The van der Waals surface area contributed by atoms with Gasteiger partial charge in [-0.2, -0.15) is 0 Å². The summed E-state index contributed by atoms with van der Waals surface area (Å²) in [6, 6.07) is 21.0. The molecule has 0 unspecified atom stereocenters. The monoisotopic (exact) mass is 492 g/mol. The van der Waals surface area contributed by atoms with Crippen LogP contribution in [0, 0.1) is 0 Å². The zero-order chi connectivity index (χ0) is 25.4. The molecule has 0 spiro atoms. The zero-order valence-corrected chi connectivity index (χ0v) is 23.0. The Hall–Kier alpha value is -2.24. The summed E-state index contributed by atoms with van der Waals surface area (Å²) in [6.45, 7) is 9.87. The fourth-order valence-electron chi connectivity index (χ4n) is 4.23. The van der Waals surface area contributed by atoms with Gasteiger partial charge in [0.15, 0.2) is 0 Å². The molecule has 1 N–H and O–H groups in total. The highest BCUT2D eigenvalue weighted by atomic mass is 28.4. The van der Waals surface area contributed by atoms with Crippen LogP contribution in [0.5, 0.6) is 0 Å². The van der Waals surface area contributed by atoms with Gasteiger partial charge in [0.25, 0.3) is 8.32 Å². The Morgan fingerprint density at radius 1 is 0.829 bits per heavy atom. The first-order chi connectivity index (χ1) is 17.0. The standard InChI is InChI=1S/C31H44O3Si/c1-5-6-7-8-9-10-11-12-13-20-25-33-27-28(26-32)34-35(31(2,3)4,29-21-16-14-17-22-29)30-23-18-15-19-24-30/h7-12,14-19,21-24,28,32H,5-6,13,20,25-27H2,1-4H3/b8-7+,10-9+,12-11+/t28-/m1/s1. The molecule has 0 fully saturated rings. The van der Waals surface area contributed by atoms with Crippen molar-refractivity contribution in [2.45, 2.75) is 64.5 Å². The van der Waals surface area contributed by atoms with E-state index in [4.69, 9.17) is 9.16 Å². The molecule has 0 amide bonds. The average Bonchev–Trinajstić information content (AvgIpc) is 2.87. The van der Waals surface area contributed by atoms with Crippen LogP contribution in [-0.2, 0) is 9.16 Å². The molecule has 2 rings (SSSR count). The van der Waals surface area contributed by atoms with Gasteiger partial charge < -0.3 is 14.3 Å². The summed E-state index contributed by atoms with van der Waals surface area (Å²) >= 11 is 0. The summed E-state index contributed by atoms with van der Waals surface area (Å²) < 4.78 is 12.9. The lowest BCUT2D eigenvalue weighted by atomic mass is 10.2. The van der Waals surface area contributed by atoms with Crippen molar-refractivity contribution in [3.05, 3.63) is 97.1 Å². The van der Waals surface area contributed by atoms with Gasteiger partial charge in [-0.1, -0.05) is 131 Å². The Morgan fingerprint density at radius 3 is 1.86 bits per heavy atom. The first-order valence-corrected chi connectivity index (χ1v) is 14.8. The SMILES string of the molecule is CCC/C=C/C=C/C=C/CCCOC[C@@H](CO)O[Si](c1ccccc1)(c1ccccc1)C(C)(C)C. The number of allylic oxidation sites excluding steroid dienone is 6. The molecule has 35 heavy (non-hydrogen) atoms. The van der Waals surface area contributed by atoms with Crippen LogP contribution < -0.4 is 10.4 Å². The van der Waals surface area contributed by atoms with Crippen molar-refractivity contribution in [3.8, 4) is 0 Å². The van der Waals surface area contributed by atoms with Crippen LogP contribution >= 0.6 is 0 Å². The van der Waals surface area contributed by atoms with E-state index in [9.17, 15) is 5.11 Å². The molecule has 3 nitrogen and oxygen atoms in total. The summed E-state index contributed by atoms with van der Waals surface area (Å²) in [5.74, 6) is 0. The molecule has 2 aromatic carbocycles. The summed E-state index contributed by atoms with van der Waals surface area (Å²) in [5, 5.41) is 12.5. The molecule has 0 saturated carbocycles. The van der Waals surface area contributed by atoms with E-state index in [0.717, 1.165) is 19.3 Å².